The average Bonchev–Trinajstić information content (AvgIpc) is 2.80. The summed E-state index contributed by atoms with van der Waals surface area (Å²) in [5.41, 5.74) is 7.02. The van der Waals surface area contributed by atoms with Crippen molar-refractivity contribution < 1.29 is 26.4 Å². The highest BCUT2D eigenvalue weighted by atomic mass is 32.2. The lowest BCUT2D eigenvalue weighted by molar-refractivity contribution is -0.139. The van der Waals surface area contributed by atoms with Gasteiger partial charge in [-0.2, -0.15) is 13.2 Å². The van der Waals surface area contributed by atoms with Crippen LogP contribution in [0.5, 0.6) is 0 Å². The fourth-order valence-electron chi connectivity index (χ4n) is 3.15. The van der Waals surface area contributed by atoms with E-state index >= 15 is 0 Å². The molecule has 3 rings (SSSR count). The Labute approximate surface area is 203 Å². The van der Waals surface area contributed by atoms with Crippen LogP contribution in [0.4, 0.5) is 24.8 Å². The van der Waals surface area contributed by atoms with E-state index in [1.165, 1.54) is 13.1 Å². The Balaban J connectivity index is 1.75. The first-order chi connectivity index (χ1) is 16.8. The zero-order valence-corrected chi connectivity index (χ0v) is 19.9. The summed E-state index contributed by atoms with van der Waals surface area (Å²) < 4.78 is 65.6. The number of benzene rings is 1. The van der Waals surface area contributed by atoms with Gasteiger partial charge in [-0.25, -0.2) is 18.4 Å². The zero-order chi connectivity index (χ0) is 26.7. The van der Waals surface area contributed by atoms with E-state index in [-0.39, 0.29) is 12.2 Å². The van der Waals surface area contributed by atoms with Crippen LogP contribution >= 0.6 is 0 Å². The number of nitrogens with one attached hydrogen (secondary N) is 3. The number of nitrogens with two attached hydrogens (primary N) is 1. The van der Waals surface area contributed by atoms with Gasteiger partial charge in [0.1, 0.15) is 12.4 Å². The molecule has 1 amide bonds. The molecule has 0 atom stereocenters. The SMILES string of the molecule is Cc1nc(N)ccc1CNC(=O)Cn1c(C)cnc(NNS(=O)(=O)c2ccccc2C(F)(F)F)c1=O. The predicted octanol–water partition coefficient (Wildman–Crippen LogP) is 1.48. The van der Waals surface area contributed by atoms with Gasteiger partial charge < -0.3 is 11.1 Å². The summed E-state index contributed by atoms with van der Waals surface area (Å²) in [5, 5.41) is 2.64. The molecule has 0 aliphatic carbocycles. The molecular weight excluding hydrogens is 503 g/mol. The van der Waals surface area contributed by atoms with Crippen LogP contribution in [0.15, 0.2) is 52.3 Å². The molecule has 15 heteroatoms. The van der Waals surface area contributed by atoms with Crippen molar-refractivity contribution in [2.45, 2.75) is 38.0 Å². The highest BCUT2D eigenvalue weighted by Crippen LogP contribution is 2.33. The molecule has 0 aliphatic heterocycles. The van der Waals surface area contributed by atoms with E-state index in [1.807, 2.05) is 5.43 Å². The molecule has 0 spiro atoms. The van der Waals surface area contributed by atoms with Gasteiger partial charge in [-0.05, 0) is 37.6 Å². The van der Waals surface area contributed by atoms with Gasteiger partial charge in [-0.15, -0.1) is 4.83 Å². The predicted molar refractivity (Wildman–Crippen MR) is 124 cm³/mol. The molecule has 0 saturated carbocycles. The van der Waals surface area contributed by atoms with Gasteiger partial charge in [0, 0.05) is 24.1 Å². The number of anilines is 2. The Morgan fingerprint density at radius 2 is 1.83 bits per heavy atom. The number of aryl methyl sites for hydroxylation is 2. The summed E-state index contributed by atoms with van der Waals surface area (Å²) in [7, 11) is -4.74. The summed E-state index contributed by atoms with van der Waals surface area (Å²) in [6, 6.07) is 6.85. The lowest BCUT2D eigenvalue weighted by Gasteiger charge is -2.15. The number of sulfonamides is 1. The minimum atomic E-state index is -4.92. The third kappa shape index (κ3) is 6.17. The monoisotopic (exact) mass is 525 g/mol. The number of rotatable bonds is 8. The molecule has 36 heavy (non-hydrogen) atoms. The molecule has 3 aromatic rings. The Morgan fingerprint density at radius 1 is 1.14 bits per heavy atom. The van der Waals surface area contributed by atoms with Crippen LogP contribution in [0.1, 0.15) is 22.5 Å². The van der Waals surface area contributed by atoms with E-state index in [9.17, 15) is 31.2 Å². The van der Waals surface area contributed by atoms with E-state index in [2.05, 4.69) is 15.3 Å². The molecule has 0 saturated heterocycles. The first-order valence-corrected chi connectivity index (χ1v) is 11.8. The maximum Gasteiger partial charge on any atom is 0.417 e. The summed E-state index contributed by atoms with van der Waals surface area (Å²) in [6.07, 6.45) is -3.72. The highest BCUT2D eigenvalue weighted by Gasteiger charge is 2.37. The van der Waals surface area contributed by atoms with Crippen molar-refractivity contribution in [3.63, 3.8) is 0 Å². The fraction of sp³-hybridized carbons (Fsp3) is 0.238. The van der Waals surface area contributed by atoms with Crippen molar-refractivity contribution in [1.82, 2.24) is 24.7 Å². The van der Waals surface area contributed by atoms with Gasteiger partial charge in [0.25, 0.3) is 15.6 Å². The van der Waals surface area contributed by atoms with Crippen molar-refractivity contribution in [2.24, 2.45) is 0 Å². The van der Waals surface area contributed by atoms with E-state index in [0.29, 0.717) is 23.1 Å². The number of carbonyl (C=O) groups excluding carboxylic acids is 1. The second-order valence-corrected chi connectivity index (χ2v) is 9.27. The summed E-state index contributed by atoms with van der Waals surface area (Å²) in [4.78, 5) is 33.8. The maximum absolute atomic E-state index is 13.2. The number of pyridine rings is 1. The molecule has 11 nitrogen and oxygen atoms in total. The molecule has 2 heterocycles. The Morgan fingerprint density at radius 3 is 2.50 bits per heavy atom. The number of halogens is 3. The second kappa shape index (κ2) is 10.3. The standard InChI is InChI=1S/C21H22F3N7O4S/c1-12-9-27-19(29-30-36(34,35)16-6-4-3-5-15(16)21(22,23)24)20(33)31(12)11-18(32)26-10-14-7-8-17(25)28-13(14)2/h3-9,30H,10-11H2,1-2H3,(H2,25,28)(H,26,32)(H,27,29). The lowest BCUT2D eigenvalue weighted by Crippen LogP contribution is -2.38. The summed E-state index contributed by atoms with van der Waals surface area (Å²) in [6.45, 7) is 2.93. The zero-order valence-electron chi connectivity index (χ0n) is 19.0. The minimum absolute atomic E-state index is 0.125. The van der Waals surface area contributed by atoms with Crippen LogP contribution in [0.2, 0.25) is 0 Å². The molecule has 0 bridgehead atoms. The Kier molecular flexibility index (Phi) is 7.64. The van der Waals surface area contributed by atoms with Crippen LogP contribution in [-0.2, 0) is 34.1 Å². The number of hydrogen-bond donors (Lipinski definition) is 4. The number of carbonyl (C=O) groups is 1. The van der Waals surface area contributed by atoms with Crippen molar-refractivity contribution in [3.05, 3.63) is 75.5 Å². The number of hydrazine groups is 1. The molecule has 2 aromatic heterocycles. The summed E-state index contributed by atoms with van der Waals surface area (Å²) >= 11 is 0. The van der Waals surface area contributed by atoms with Crippen LogP contribution in [0, 0.1) is 13.8 Å². The van der Waals surface area contributed by atoms with E-state index < -0.39 is 50.5 Å². The first kappa shape index (κ1) is 26.6. The Bertz CT molecular complexity index is 1460. The molecule has 192 valence electrons. The van der Waals surface area contributed by atoms with E-state index in [4.69, 9.17) is 5.73 Å². The molecule has 0 unspecified atom stereocenters. The van der Waals surface area contributed by atoms with Crippen LogP contribution < -0.4 is 26.9 Å². The third-order valence-corrected chi connectivity index (χ3v) is 6.34. The molecular formula is C21H22F3N7O4S. The lowest BCUT2D eigenvalue weighted by atomic mass is 10.2. The number of amides is 1. The van der Waals surface area contributed by atoms with Crippen molar-refractivity contribution in [3.8, 4) is 0 Å². The van der Waals surface area contributed by atoms with Crippen molar-refractivity contribution in [1.29, 1.82) is 0 Å². The van der Waals surface area contributed by atoms with Gasteiger partial charge in [-0.1, -0.05) is 18.2 Å². The molecule has 0 radical (unpaired) electrons. The van der Waals surface area contributed by atoms with E-state index in [0.717, 1.165) is 22.8 Å². The number of aromatic nitrogens is 3. The molecule has 5 N–H and O–H groups in total. The average molecular weight is 526 g/mol. The van der Waals surface area contributed by atoms with Crippen molar-refractivity contribution >= 4 is 27.6 Å². The van der Waals surface area contributed by atoms with Gasteiger partial charge in [0.2, 0.25) is 11.7 Å². The number of hydrogen-bond acceptors (Lipinski definition) is 8. The Hall–Kier alpha value is -3.98. The van der Waals surface area contributed by atoms with Gasteiger partial charge in [0.05, 0.1) is 10.5 Å². The quantitative estimate of drug-likeness (QED) is 0.322. The second-order valence-electron chi connectivity index (χ2n) is 7.62. The fourth-order valence-corrected chi connectivity index (χ4v) is 4.22. The molecule has 0 fully saturated rings. The highest BCUT2D eigenvalue weighted by molar-refractivity contribution is 7.89. The van der Waals surface area contributed by atoms with Gasteiger partial charge >= 0.3 is 6.18 Å². The number of nitrogens with zero attached hydrogens (tertiary/aromatic N) is 3. The largest absolute Gasteiger partial charge is 0.417 e. The number of nitrogen functional groups attached to an aromatic ring is 1. The molecule has 1 aromatic carbocycles. The number of alkyl halides is 3. The molecule has 0 aliphatic rings. The summed E-state index contributed by atoms with van der Waals surface area (Å²) in [5.74, 6) is -0.743. The maximum atomic E-state index is 13.2. The normalized spacial score (nSPS) is 11.8. The van der Waals surface area contributed by atoms with Crippen molar-refractivity contribution in [2.75, 3.05) is 11.2 Å². The third-order valence-electron chi connectivity index (χ3n) is 5.03. The minimum Gasteiger partial charge on any atom is -0.384 e. The van der Waals surface area contributed by atoms with Crippen LogP contribution in [-0.4, -0.2) is 28.9 Å². The van der Waals surface area contributed by atoms with Gasteiger partial charge in [0.15, 0.2) is 0 Å². The first-order valence-electron chi connectivity index (χ1n) is 10.3. The topological polar surface area (TPSA) is 161 Å². The van der Waals surface area contributed by atoms with Crippen LogP contribution in [0.3, 0.4) is 0 Å². The van der Waals surface area contributed by atoms with Crippen LogP contribution in [0.25, 0.3) is 0 Å². The smallest absolute Gasteiger partial charge is 0.384 e. The van der Waals surface area contributed by atoms with Gasteiger partial charge in [-0.3, -0.25) is 19.6 Å². The van der Waals surface area contributed by atoms with E-state index in [1.54, 1.807) is 23.9 Å².